The Morgan fingerprint density at radius 1 is 1.00 bits per heavy atom. The molecule has 0 bridgehead atoms. The van der Waals surface area contributed by atoms with E-state index in [1.807, 2.05) is 0 Å². The molecule has 0 aliphatic carbocycles. The van der Waals surface area contributed by atoms with E-state index in [0.29, 0.717) is 0 Å². The molecule has 0 aromatic heterocycles. The predicted molar refractivity (Wildman–Crippen MR) is 33.9 cm³/mol. The molecule has 0 rings (SSSR count). The molecule has 0 radical (unpaired) electrons. The number of rotatable bonds is 5. The van der Waals surface area contributed by atoms with E-state index in [0.717, 1.165) is 0 Å². The lowest BCUT2D eigenvalue weighted by molar-refractivity contribution is -0.128. The van der Waals surface area contributed by atoms with Crippen molar-refractivity contribution in [1.82, 2.24) is 0 Å². The van der Waals surface area contributed by atoms with Crippen molar-refractivity contribution in [3.8, 4) is 0 Å². The fourth-order valence-electron chi connectivity index (χ4n) is 0.503. The topological polar surface area (TPSA) is 36.9 Å². The predicted octanol–water partition coefficient (Wildman–Crippen LogP) is 0.600. The quantitative estimate of drug-likeness (QED) is 0.592. The fraction of sp³-hybridized carbons (Fsp3) is 1.00. The van der Waals surface area contributed by atoms with Crippen molar-refractivity contribution >= 4 is 9.05 Å². The Morgan fingerprint density at radius 3 is 1.45 bits per heavy atom. The minimum atomic E-state index is -3.53. The van der Waals surface area contributed by atoms with Crippen molar-refractivity contribution < 1.29 is 26.5 Å². The molecule has 0 spiro atoms. The molecular formula is C4H10F2O4Si. The van der Waals surface area contributed by atoms with Crippen LogP contribution in [0, 0.1) is 0 Å². The summed E-state index contributed by atoms with van der Waals surface area (Å²) in [6.07, 6.45) is 0. The molecule has 0 heterocycles. The molecule has 68 valence electrons. The standard InChI is InChI=1S/C4H10F2O4Si/c1-7-11(8-2,9-3)10-4(5)6/h4H,1-3H3. The highest BCUT2D eigenvalue weighted by Crippen LogP contribution is 2.12. The average Bonchev–Trinajstić information content (AvgIpc) is 2.00. The zero-order valence-corrected chi connectivity index (χ0v) is 7.47. The normalized spacial score (nSPS) is 12.5. The lowest BCUT2D eigenvalue weighted by Crippen LogP contribution is -2.47. The zero-order valence-electron chi connectivity index (χ0n) is 6.47. The molecule has 0 saturated heterocycles. The summed E-state index contributed by atoms with van der Waals surface area (Å²) >= 11 is 0. The van der Waals surface area contributed by atoms with Crippen LogP contribution in [0.5, 0.6) is 0 Å². The van der Waals surface area contributed by atoms with E-state index in [2.05, 4.69) is 17.7 Å². The van der Waals surface area contributed by atoms with Crippen LogP contribution < -0.4 is 0 Å². The van der Waals surface area contributed by atoms with E-state index in [-0.39, 0.29) is 0 Å². The van der Waals surface area contributed by atoms with Gasteiger partial charge >= 0.3 is 15.7 Å². The van der Waals surface area contributed by atoms with Gasteiger partial charge in [0.1, 0.15) is 0 Å². The zero-order chi connectivity index (χ0) is 8.91. The highest BCUT2D eigenvalue weighted by molar-refractivity contribution is 6.53. The third kappa shape index (κ3) is 3.21. The van der Waals surface area contributed by atoms with E-state index < -0.39 is 15.7 Å². The van der Waals surface area contributed by atoms with Gasteiger partial charge in [0.2, 0.25) is 0 Å². The second-order valence-corrected chi connectivity index (χ2v) is 3.95. The molecule has 7 heteroatoms. The van der Waals surface area contributed by atoms with Gasteiger partial charge in [0.15, 0.2) is 0 Å². The fourth-order valence-corrected chi connectivity index (χ4v) is 1.51. The summed E-state index contributed by atoms with van der Waals surface area (Å²) in [5.41, 5.74) is 0. The van der Waals surface area contributed by atoms with E-state index >= 15 is 0 Å². The summed E-state index contributed by atoms with van der Waals surface area (Å²) in [5.74, 6) is 0. The van der Waals surface area contributed by atoms with Crippen LogP contribution >= 0.6 is 0 Å². The highest BCUT2D eigenvalue weighted by atomic mass is 28.4. The monoisotopic (exact) mass is 188 g/mol. The first-order valence-electron chi connectivity index (χ1n) is 2.71. The lowest BCUT2D eigenvalue weighted by atomic mass is 11.5. The van der Waals surface area contributed by atoms with Crippen LogP contribution in [-0.2, 0) is 17.7 Å². The van der Waals surface area contributed by atoms with Crippen molar-refractivity contribution in [3.63, 3.8) is 0 Å². The summed E-state index contributed by atoms with van der Waals surface area (Å²) in [6, 6.07) is 0. The molecule has 0 fully saturated rings. The van der Waals surface area contributed by atoms with Crippen molar-refractivity contribution in [2.24, 2.45) is 0 Å². The second-order valence-electron chi connectivity index (χ2n) is 1.49. The Labute approximate surface area is 64.5 Å². The van der Waals surface area contributed by atoms with Crippen LogP contribution in [0.25, 0.3) is 0 Å². The first-order valence-corrected chi connectivity index (χ1v) is 4.35. The molecule has 0 unspecified atom stereocenters. The van der Waals surface area contributed by atoms with Crippen molar-refractivity contribution in [1.29, 1.82) is 0 Å². The van der Waals surface area contributed by atoms with Gasteiger partial charge in [0, 0.05) is 21.3 Å². The summed E-state index contributed by atoms with van der Waals surface area (Å²) in [4.78, 5) is 0. The summed E-state index contributed by atoms with van der Waals surface area (Å²) < 4.78 is 41.0. The Balaban J connectivity index is 4.05. The van der Waals surface area contributed by atoms with Crippen molar-refractivity contribution in [3.05, 3.63) is 0 Å². The highest BCUT2D eigenvalue weighted by Gasteiger charge is 2.45. The van der Waals surface area contributed by atoms with Gasteiger partial charge in [-0.1, -0.05) is 0 Å². The largest absolute Gasteiger partial charge is 0.683 e. The number of hydrogen-bond donors (Lipinski definition) is 0. The van der Waals surface area contributed by atoms with E-state index in [1.165, 1.54) is 21.3 Å². The molecule has 0 aromatic carbocycles. The number of halogens is 2. The van der Waals surface area contributed by atoms with Crippen LogP contribution in [0.15, 0.2) is 0 Å². The van der Waals surface area contributed by atoms with E-state index in [1.54, 1.807) is 0 Å². The maximum atomic E-state index is 11.7. The smallest absolute Gasteiger partial charge is 0.354 e. The summed E-state index contributed by atoms with van der Waals surface area (Å²) in [6.45, 7) is -2.96. The van der Waals surface area contributed by atoms with Gasteiger partial charge in [0.25, 0.3) is 0 Å². The molecule has 0 saturated carbocycles. The van der Waals surface area contributed by atoms with Gasteiger partial charge in [-0.05, 0) is 0 Å². The average molecular weight is 188 g/mol. The minimum absolute atomic E-state index is 1.18. The van der Waals surface area contributed by atoms with Gasteiger partial charge in [0.05, 0.1) is 0 Å². The van der Waals surface area contributed by atoms with Gasteiger partial charge in [-0.15, -0.1) is 0 Å². The van der Waals surface area contributed by atoms with E-state index in [4.69, 9.17) is 0 Å². The van der Waals surface area contributed by atoms with Crippen LogP contribution in [-0.4, -0.2) is 37.0 Å². The Hall–Kier alpha value is -0.0831. The number of alkyl halides is 2. The third-order valence-electron chi connectivity index (χ3n) is 0.983. The maximum absolute atomic E-state index is 11.7. The van der Waals surface area contributed by atoms with Gasteiger partial charge < -0.3 is 13.3 Å². The SMILES string of the molecule is CO[Si](OC)(OC)OC(F)F. The molecule has 0 atom stereocenters. The third-order valence-corrected chi connectivity index (χ3v) is 2.95. The first-order chi connectivity index (χ1) is 5.10. The molecule has 0 N–H and O–H groups in total. The molecule has 0 aliphatic rings. The first kappa shape index (κ1) is 10.9. The lowest BCUT2D eigenvalue weighted by Gasteiger charge is -2.21. The summed E-state index contributed by atoms with van der Waals surface area (Å²) in [5, 5.41) is 0. The van der Waals surface area contributed by atoms with Crippen molar-refractivity contribution in [2.75, 3.05) is 21.3 Å². The van der Waals surface area contributed by atoms with E-state index in [9.17, 15) is 8.78 Å². The molecule has 0 amide bonds. The van der Waals surface area contributed by atoms with Crippen LogP contribution in [0.2, 0.25) is 0 Å². The van der Waals surface area contributed by atoms with Crippen molar-refractivity contribution in [2.45, 2.75) is 6.61 Å². The Bertz CT molecular complexity index is 100. The van der Waals surface area contributed by atoms with Crippen LogP contribution in [0.1, 0.15) is 0 Å². The minimum Gasteiger partial charge on any atom is -0.354 e. The molecular weight excluding hydrogens is 178 g/mol. The Kier molecular flexibility index (Phi) is 4.69. The summed E-state index contributed by atoms with van der Waals surface area (Å²) in [7, 11) is 0.0160. The molecule has 0 aromatic rings. The van der Waals surface area contributed by atoms with Gasteiger partial charge in [-0.25, -0.2) is 0 Å². The van der Waals surface area contributed by atoms with Crippen LogP contribution in [0.4, 0.5) is 8.78 Å². The van der Waals surface area contributed by atoms with Gasteiger partial charge in [-0.2, -0.15) is 8.78 Å². The maximum Gasteiger partial charge on any atom is 0.683 e. The van der Waals surface area contributed by atoms with Gasteiger partial charge in [-0.3, -0.25) is 4.43 Å². The second kappa shape index (κ2) is 4.73. The molecule has 0 aliphatic heterocycles. The Morgan fingerprint density at radius 2 is 1.36 bits per heavy atom. The molecule has 11 heavy (non-hydrogen) atoms. The van der Waals surface area contributed by atoms with Crippen LogP contribution in [0.3, 0.4) is 0 Å². The molecule has 4 nitrogen and oxygen atoms in total. The number of hydrogen-bond acceptors (Lipinski definition) is 4.